The molecule has 116 valence electrons. The van der Waals surface area contributed by atoms with Gasteiger partial charge < -0.3 is 14.8 Å². The number of hydrogen-bond donors (Lipinski definition) is 1. The van der Waals surface area contributed by atoms with Crippen molar-refractivity contribution in [3.8, 4) is 5.75 Å². The van der Waals surface area contributed by atoms with E-state index < -0.39 is 6.04 Å². The minimum absolute atomic E-state index is 0.225. The van der Waals surface area contributed by atoms with Gasteiger partial charge in [0.25, 0.3) is 0 Å². The Hall–Kier alpha value is -1.55. The van der Waals surface area contributed by atoms with Gasteiger partial charge in [-0.3, -0.25) is 0 Å². The lowest BCUT2D eigenvalue weighted by molar-refractivity contribution is -0.143. The number of para-hydroxylation sites is 1. The zero-order valence-corrected chi connectivity index (χ0v) is 13.5. The number of carbonyl (C=O) groups excluding carboxylic acids is 1. The topological polar surface area (TPSA) is 47.6 Å². The van der Waals surface area contributed by atoms with Crippen molar-refractivity contribution < 1.29 is 14.3 Å². The molecule has 0 aromatic heterocycles. The molecule has 1 atom stereocenters. The first-order valence-electron chi connectivity index (χ1n) is 7.46. The molecule has 1 aliphatic heterocycles. The molecule has 4 heteroatoms. The van der Waals surface area contributed by atoms with Crippen molar-refractivity contribution in [2.24, 2.45) is 5.92 Å². The van der Waals surface area contributed by atoms with Gasteiger partial charge in [-0.05, 0) is 31.9 Å². The van der Waals surface area contributed by atoms with Crippen LogP contribution in [0.15, 0.2) is 18.2 Å². The number of esters is 1. The van der Waals surface area contributed by atoms with Crippen LogP contribution in [0.5, 0.6) is 5.75 Å². The maximum Gasteiger partial charge on any atom is 0.327 e. The molecule has 0 fully saturated rings. The van der Waals surface area contributed by atoms with Gasteiger partial charge >= 0.3 is 5.97 Å². The SMILES string of the molecule is COC(=O)C(NCC(C)C)c1cccc2c1OC(C)(C)C2. The first-order valence-corrected chi connectivity index (χ1v) is 7.46. The molecule has 0 saturated heterocycles. The standard InChI is InChI=1S/C17H25NO3/c1-11(2)10-18-14(16(19)20-5)13-8-6-7-12-9-17(3,4)21-15(12)13/h6-8,11,14,18H,9-10H2,1-5H3. The highest BCUT2D eigenvalue weighted by Gasteiger charge is 2.35. The molecular weight excluding hydrogens is 266 g/mol. The van der Waals surface area contributed by atoms with Crippen LogP contribution in [0, 0.1) is 5.92 Å². The molecule has 0 saturated carbocycles. The van der Waals surface area contributed by atoms with Gasteiger partial charge in [0, 0.05) is 12.0 Å². The van der Waals surface area contributed by atoms with E-state index in [1.165, 1.54) is 7.11 Å². The van der Waals surface area contributed by atoms with Crippen LogP contribution in [0.1, 0.15) is 44.9 Å². The summed E-state index contributed by atoms with van der Waals surface area (Å²) in [6, 6.07) is 5.49. The van der Waals surface area contributed by atoms with Gasteiger partial charge in [-0.1, -0.05) is 32.0 Å². The van der Waals surface area contributed by atoms with Crippen molar-refractivity contribution in [3.63, 3.8) is 0 Å². The number of ether oxygens (including phenoxy) is 2. The summed E-state index contributed by atoms with van der Waals surface area (Å²) < 4.78 is 11.0. The second-order valence-corrected chi connectivity index (χ2v) is 6.63. The second kappa shape index (κ2) is 6.06. The van der Waals surface area contributed by atoms with Crippen LogP contribution in [0.3, 0.4) is 0 Å². The highest BCUT2D eigenvalue weighted by Crippen LogP contribution is 2.40. The molecule has 4 nitrogen and oxygen atoms in total. The molecule has 0 radical (unpaired) electrons. The highest BCUT2D eigenvalue weighted by atomic mass is 16.5. The molecule has 1 heterocycles. The van der Waals surface area contributed by atoms with Crippen LogP contribution in [-0.4, -0.2) is 25.2 Å². The molecule has 0 bridgehead atoms. The third-order valence-electron chi connectivity index (χ3n) is 3.60. The molecule has 1 N–H and O–H groups in total. The largest absolute Gasteiger partial charge is 0.487 e. The maximum atomic E-state index is 12.1. The monoisotopic (exact) mass is 291 g/mol. The number of carbonyl (C=O) groups is 1. The number of rotatable bonds is 5. The van der Waals surface area contributed by atoms with Crippen LogP contribution in [-0.2, 0) is 16.0 Å². The third-order valence-corrected chi connectivity index (χ3v) is 3.60. The number of benzene rings is 1. The van der Waals surface area contributed by atoms with Crippen molar-refractivity contribution >= 4 is 5.97 Å². The summed E-state index contributed by atoms with van der Waals surface area (Å²) in [4.78, 5) is 12.1. The summed E-state index contributed by atoms with van der Waals surface area (Å²) in [6.45, 7) is 9.08. The molecule has 0 spiro atoms. The summed E-state index contributed by atoms with van der Waals surface area (Å²) in [6.07, 6.45) is 0.855. The van der Waals surface area contributed by atoms with E-state index in [2.05, 4.69) is 39.1 Å². The van der Waals surface area contributed by atoms with E-state index in [9.17, 15) is 4.79 Å². The predicted molar refractivity (Wildman–Crippen MR) is 82.5 cm³/mol. The van der Waals surface area contributed by atoms with Crippen LogP contribution in [0.25, 0.3) is 0 Å². The number of nitrogens with one attached hydrogen (secondary N) is 1. The Morgan fingerprint density at radius 3 is 2.76 bits per heavy atom. The number of hydrogen-bond acceptors (Lipinski definition) is 4. The zero-order valence-electron chi connectivity index (χ0n) is 13.5. The van der Waals surface area contributed by atoms with E-state index >= 15 is 0 Å². The maximum absolute atomic E-state index is 12.1. The summed E-state index contributed by atoms with van der Waals surface area (Å²) in [5.41, 5.74) is 1.79. The molecule has 1 aromatic carbocycles. The van der Waals surface area contributed by atoms with Crippen molar-refractivity contribution in [2.45, 2.75) is 45.8 Å². The van der Waals surface area contributed by atoms with Crippen molar-refractivity contribution in [3.05, 3.63) is 29.3 Å². The smallest absolute Gasteiger partial charge is 0.327 e. The molecule has 21 heavy (non-hydrogen) atoms. The third kappa shape index (κ3) is 3.56. The first-order chi connectivity index (χ1) is 9.84. The normalized spacial score (nSPS) is 17.2. The summed E-state index contributed by atoms with van der Waals surface area (Å²) in [7, 11) is 1.42. The average molecular weight is 291 g/mol. The Bertz CT molecular complexity index is 523. The molecule has 2 rings (SSSR count). The van der Waals surface area contributed by atoms with E-state index in [4.69, 9.17) is 9.47 Å². The Morgan fingerprint density at radius 1 is 1.43 bits per heavy atom. The lowest BCUT2D eigenvalue weighted by Gasteiger charge is -2.22. The van der Waals surface area contributed by atoms with Crippen molar-refractivity contribution in [1.82, 2.24) is 5.32 Å². The van der Waals surface area contributed by atoms with Gasteiger partial charge in [-0.25, -0.2) is 4.79 Å². The average Bonchev–Trinajstić information content (AvgIpc) is 2.72. The summed E-state index contributed by atoms with van der Waals surface area (Å²) in [5, 5.41) is 3.29. The fourth-order valence-electron chi connectivity index (χ4n) is 2.66. The molecule has 0 aliphatic carbocycles. The molecule has 1 aliphatic rings. The summed E-state index contributed by atoms with van der Waals surface area (Å²) in [5.74, 6) is 0.998. The Labute approximate surface area is 126 Å². The Kier molecular flexibility index (Phi) is 4.57. The zero-order chi connectivity index (χ0) is 15.6. The van der Waals surface area contributed by atoms with Crippen molar-refractivity contribution in [2.75, 3.05) is 13.7 Å². The fraction of sp³-hybridized carbons (Fsp3) is 0.588. The number of methoxy groups -OCH3 is 1. The van der Waals surface area contributed by atoms with Crippen LogP contribution in [0.4, 0.5) is 0 Å². The summed E-state index contributed by atoms with van der Waals surface area (Å²) >= 11 is 0. The van der Waals surface area contributed by atoms with Gasteiger partial charge in [0.05, 0.1) is 7.11 Å². The van der Waals surface area contributed by atoms with Crippen molar-refractivity contribution in [1.29, 1.82) is 0 Å². The minimum atomic E-state index is -0.485. The molecular formula is C17H25NO3. The van der Waals surface area contributed by atoms with Gasteiger partial charge in [-0.15, -0.1) is 0 Å². The Balaban J connectivity index is 2.34. The van der Waals surface area contributed by atoms with E-state index in [1.807, 2.05) is 12.1 Å². The lowest BCUT2D eigenvalue weighted by atomic mass is 9.98. The van der Waals surface area contributed by atoms with E-state index in [1.54, 1.807) is 0 Å². The molecule has 1 aromatic rings. The van der Waals surface area contributed by atoms with Gasteiger partial charge in [-0.2, -0.15) is 0 Å². The predicted octanol–water partition coefficient (Wildman–Crippen LogP) is 2.86. The first kappa shape index (κ1) is 15.8. The Morgan fingerprint density at radius 2 is 2.14 bits per heavy atom. The minimum Gasteiger partial charge on any atom is -0.487 e. The van der Waals surface area contributed by atoms with Crippen LogP contribution < -0.4 is 10.1 Å². The van der Waals surface area contributed by atoms with Gasteiger partial charge in [0.2, 0.25) is 0 Å². The van der Waals surface area contributed by atoms with Crippen LogP contribution in [0.2, 0.25) is 0 Å². The highest BCUT2D eigenvalue weighted by molar-refractivity contribution is 5.79. The van der Waals surface area contributed by atoms with Gasteiger partial charge in [0.15, 0.2) is 0 Å². The lowest BCUT2D eigenvalue weighted by Crippen LogP contribution is -2.33. The number of fused-ring (bicyclic) bond motifs is 1. The fourth-order valence-corrected chi connectivity index (χ4v) is 2.66. The van der Waals surface area contributed by atoms with E-state index in [-0.39, 0.29) is 11.6 Å². The van der Waals surface area contributed by atoms with E-state index in [0.717, 1.165) is 29.8 Å². The molecule has 0 amide bonds. The quantitative estimate of drug-likeness (QED) is 0.847. The van der Waals surface area contributed by atoms with Crippen LogP contribution >= 0.6 is 0 Å². The second-order valence-electron chi connectivity index (χ2n) is 6.63. The van der Waals surface area contributed by atoms with E-state index in [0.29, 0.717) is 5.92 Å². The molecule has 1 unspecified atom stereocenters. The van der Waals surface area contributed by atoms with Gasteiger partial charge in [0.1, 0.15) is 17.4 Å².